The van der Waals surface area contributed by atoms with Crippen molar-refractivity contribution in [1.82, 2.24) is 10.2 Å². The first-order valence-electron chi connectivity index (χ1n) is 6.91. The zero-order valence-electron chi connectivity index (χ0n) is 11.6. The van der Waals surface area contributed by atoms with Crippen LogP contribution in [-0.4, -0.2) is 36.0 Å². The van der Waals surface area contributed by atoms with E-state index in [1.54, 1.807) is 12.1 Å². The highest BCUT2D eigenvalue weighted by molar-refractivity contribution is 6.31. The molecule has 6 heteroatoms. The Balaban J connectivity index is 1.90. The Labute approximate surface area is 124 Å². The van der Waals surface area contributed by atoms with Crippen LogP contribution in [0.5, 0.6) is 0 Å². The maximum Gasteiger partial charge on any atom is 0.269 e. The molecule has 0 aromatic heterocycles. The molecule has 110 valence electrons. The van der Waals surface area contributed by atoms with E-state index >= 15 is 0 Å². The molecule has 5 nitrogen and oxygen atoms in total. The van der Waals surface area contributed by atoms with Crippen LogP contribution in [-0.2, 0) is 6.54 Å². The summed E-state index contributed by atoms with van der Waals surface area (Å²) < 4.78 is 0. The van der Waals surface area contributed by atoms with Crippen LogP contribution in [0.3, 0.4) is 0 Å². The average molecular weight is 298 g/mol. The highest BCUT2D eigenvalue weighted by Gasteiger charge is 2.18. The number of halogens is 1. The molecule has 1 atom stereocenters. The van der Waals surface area contributed by atoms with Gasteiger partial charge in [-0.3, -0.25) is 10.1 Å². The van der Waals surface area contributed by atoms with Crippen molar-refractivity contribution in [3.63, 3.8) is 0 Å². The lowest BCUT2D eigenvalue weighted by Crippen LogP contribution is -2.42. The number of nitrogens with zero attached hydrogens (tertiary/aromatic N) is 2. The number of piperidine rings is 1. The first-order chi connectivity index (χ1) is 9.58. The lowest BCUT2D eigenvalue weighted by molar-refractivity contribution is -0.384. The SMILES string of the molecule is CN1CCCCC1CNCc1cc([N+](=O)[O-])ccc1Cl. The van der Waals surface area contributed by atoms with E-state index in [0.29, 0.717) is 17.6 Å². The van der Waals surface area contributed by atoms with Gasteiger partial charge in [-0.1, -0.05) is 18.0 Å². The van der Waals surface area contributed by atoms with Crippen LogP contribution in [0.1, 0.15) is 24.8 Å². The third-order valence-electron chi connectivity index (χ3n) is 3.86. The van der Waals surface area contributed by atoms with Crippen LogP contribution in [0, 0.1) is 10.1 Å². The molecule has 1 aliphatic rings. The third kappa shape index (κ3) is 3.91. The molecule has 1 aromatic carbocycles. The zero-order valence-corrected chi connectivity index (χ0v) is 12.4. The third-order valence-corrected chi connectivity index (χ3v) is 4.23. The van der Waals surface area contributed by atoms with Crippen LogP contribution < -0.4 is 5.32 Å². The van der Waals surface area contributed by atoms with Crippen LogP contribution in [0.4, 0.5) is 5.69 Å². The molecule has 1 fully saturated rings. The van der Waals surface area contributed by atoms with Gasteiger partial charge in [0.1, 0.15) is 0 Å². The minimum atomic E-state index is -0.394. The van der Waals surface area contributed by atoms with Gasteiger partial charge in [-0.15, -0.1) is 0 Å². The van der Waals surface area contributed by atoms with Crippen LogP contribution >= 0.6 is 11.6 Å². The molecule has 0 aliphatic carbocycles. The van der Waals surface area contributed by atoms with Crippen LogP contribution in [0.2, 0.25) is 5.02 Å². The number of hydrogen-bond acceptors (Lipinski definition) is 4. The fourth-order valence-corrected chi connectivity index (χ4v) is 2.77. The van der Waals surface area contributed by atoms with E-state index in [4.69, 9.17) is 11.6 Å². The highest BCUT2D eigenvalue weighted by Crippen LogP contribution is 2.22. The molecule has 1 N–H and O–H groups in total. The maximum absolute atomic E-state index is 10.8. The predicted octanol–water partition coefficient (Wildman–Crippen LogP) is 2.82. The van der Waals surface area contributed by atoms with Gasteiger partial charge >= 0.3 is 0 Å². The topological polar surface area (TPSA) is 58.4 Å². The minimum absolute atomic E-state index is 0.0842. The van der Waals surface area contributed by atoms with Crippen molar-refractivity contribution in [2.24, 2.45) is 0 Å². The second kappa shape index (κ2) is 7.02. The summed E-state index contributed by atoms with van der Waals surface area (Å²) in [5.41, 5.74) is 0.861. The number of benzene rings is 1. The Morgan fingerprint density at radius 3 is 3.00 bits per heavy atom. The molecule has 0 bridgehead atoms. The Hall–Kier alpha value is -1.17. The summed E-state index contributed by atoms with van der Waals surface area (Å²) in [4.78, 5) is 12.7. The largest absolute Gasteiger partial charge is 0.311 e. The molecule has 0 saturated carbocycles. The summed E-state index contributed by atoms with van der Waals surface area (Å²) in [5.74, 6) is 0. The number of nitro benzene ring substituents is 1. The lowest BCUT2D eigenvalue weighted by atomic mass is 10.0. The van der Waals surface area contributed by atoms with Crippen molar-refractivity contribution in [2.45, 2.75) is 31.8 Å². The minimum Gasteiger partial charge on any atom is -0.311 e. The maximum atomic E-state index is 10.8. The number of likely N-dealkylation sites (N-methyl/N-ethyl adjacent to an activating group) is 1. The molecule has 1 heterocycles. The van der Waals surface area contributed by atoms with E-state index in [1.165, 1.54) is 25.3 Å². The van der Waals surface area contributed by atoms with E-state index in [1.807, 2.05) is 0 Å². The second-order valence-electron chi connectivity index (χ2n) is 5.29. The highest BCUT2D eigenvalue weighted by atomic mass is 35.5. The second-order valence-corrected chi connectivity index (χ2v) is 5.70. The molecule has 1 unspecified atom stereocenters. The molecular formula is C14H20ClN3O2. The quantitative estimate of drug-likeness (QED) is 0.671. The van der Waals surface area contributed by atoms with Gasteiger partial charge in [-0.2, -0.15) is 0 Å². The first-order valence-corrected chi connectivity index (χ1v) is 7.29. The Morgan fingerprint density at radius 1 is 1.50 bits per heavy atom. The van der Waals surface area contributed by atoms with E-state index in [0.717, 1.165) is 18.7 Å². The molecular weight excluding hydrogens is 278 g/mol. The Morgan fingerprint density at radius 2 is 2.30 bits per heavy atom. The van der Waals surface area contributed by atoms with Gasteiger partial charge in [0, 0.05) is 36.3 Å². The van der Waals surface area contributed by atoms with E-state index in [-0.39, 0.29) is 5.69 Å². The molecule has 1 aromatic rings. The van der Waals surface area contributed by atoms with Crippen molar-refractivity contribution in [1.29, 1.82) is 0 Å². The number of nitrogens with one attached hydrogen (secondary N) is 1. The van der Waals surface area contributed by atoms with Gasteiger partial charge < -0.3 is 10.2 Å². The van der Waals surface area contributed by atoms with Gasteiger partial charge in [0.2, 0.25) is 0 Å². The molecule has 1 aliphatic heterocycles. The van der Waals surface area contributed by atoms with Crippen LogP contribution in [0.25, 0.3) is 0 Å². The Kier molecular flexibility index (Phi) is 5.34. The normalized spacial score (nSPS) is 20.0. The van der Waals surface area contributed by atoms with E-state index in [2.05, 4.69) is 17.3 Å². The smallest absolute Gasteiger partial charge is 0.269 e. The van der Waals surface area contributed by atoms with Gasteiger partial charge in [-0.25, -0.2) is 0 Å². The lowest BCUT2D eigenvalue weighted by Gasteiger charge is -2.32. The summed E-state index contributed by atoms with van der Waals surface area (Å²) >= 11 is 6.08. The van der Waals surface area contributed by atoms with Gasteiger partial charge in [0.05, 0.1) is 4.92 Å². The standard InChI is InChI=1S/C14H20ClN3O2/c1-17-7-3-2-4-13(17)10-16-9-11-8-12(18(19)20)5-6-14(11)15/h5-6,8,13,16H,2-4,7,9-10H2,1H3. The number of rotatable bonds is 5. The molecule has 20 heavy (non-hydrogen) atoms. The summed E-state index contributed by atoms with van der Waals surface area (Å²) in [6, 6.07) is 5.10. The monoisotopic (exact) mass is 297 g/mol. The fourth-order valence-electron chi connectivity index (χ4n) is 2.59. The van der Waals surface area contributed by atoms with Crippen molar-refractivity contribution in [3.05, 3.63) is 38.9 Å². The van der Waals surface area contributed by atoms with E-state index < -0.39 is 4.92 Å². The summed E-state index contributed by atoms with van der Waals surface area (Å²) in [6.07, 6.45) is 3.74. The zero-order chi connectivity index (χ0) is 14.5. The van der Waals surface area contributed by atoms with Crippen molar-refractivity contribution in [2.75, 3.05) is 20.1 Å². The number of nitro groups is 1. The summed E-state index contributed by atoms with van der Waals surface area (Å²) in [7, 11) is 2.14. The van der Waals surface area contributed by atoms with Gasteiger partial charge in [0.15, 0.2) is 0 Å². The van der Waals surface area contributed by atoms with Gasteiger partial charge in [0.25, 0.3) is 5.69 Å². The predicted molar refractivity (Wildman–Crippen MR) is 80.1 cm³/mol. The summed E-state index contributed by atoms with van der Waals surface area (Å²) in [6.45, 7) is 2.59. The first kappa shape index (κ1) is 15.2. The van der Waals surface area contributed by atoms with Crippen molar-refractivity contribution in [3.8, 4) is 0 Å². The Bertz CT molecular complexity index is 481. The number of non-ortho nitro benzene ring substituents is 1. The van der Waals surface area contributed by atoms with Crippen LogP contribution in [0.15, 0.2) is 18.2 Å². The number of likely N-dealkylation sites (tertiary alicyclic amines) is 1. The molecule has 2 rings (SSSR count). The molecule has 0 radical (unpaired) electrons. The molecule has 1 saturated heterocycles. The van der Waals surface area contributed by atoms with Gasteiger partial charge in [-0.05, 0) is 38.1 Å². The average Bonchev–Trinajstić information content (AvgIpc) is 2.42. The number of hydrogen-bond donors (Lipinski definition) is 1. The van der Waals surface area contributed by atoms with E-state index in [9.17, 15) is 10.1 Å². The molecule has 0 amide bonds. The van der Waals surface area contributed by atoms with Crippen molar-refractivity contribution >= 4 is 17.3 Å². The fraction of sp³-hybridized carbons (Fsp3) is 0.571. The summed E-state index contributed by atoms with van der Waals surface area (Å²) in [5, 5.41) is 14.7. The molecule has 0 spiro atoms. The van der Waals surface area contributed by atoms with Crippen molar-refractivity contribution < 1.29 is 4.92 Å².